The van der Waals surface area contributed by atoms with Crippen molar-refractivity contribution >= 4 is 16.7 Å². The Morgan fingerprint density at radius 3 is 2.64 bits per heavy atom. The van der Waals surface area contributed by atoms with Gasteiger partial charge >= 0.3 is 0 Å². The maximum Gasteiger partial charge on any atom is 0.224 e. The van der Waals surface area contributed by atoms with E-state index in [1.165, 1.54) is 29.2 Å². The van der Waals surface area contributed by atoms with Crippen molar-refractivity contribution in [1.29, 1.82) is 0 Å². The normalized spacial score (nSPS) is 18.0. The highest BCUT2D eigenvalue weighted by Gasteiger charge is 2.30. The van der Waals surface area contributed by atoms with Crippen LogP contribution >= 0.6 is 0 Å². The van der Waals surface area contributed by atoms with E-state index in [0.717, 1.165) is 26.2 Å². The molecule has 0 bridgehead atoms. The number of nitrogens with zero attached hydrogens (tertiary/aromatic N) is 2. The average molecular weight is 338 g/mol. The molecule has 1 aliphatic heterocycles. The number of hydrogen-bond acceptors (Lipinski definition) is 3. The quantitative estimate of drug-likeness (QED) is 0.811. The standard InChI is InChI=1S/C21H26N2O2/c24-21(22-12-14-25-15-13-22)10-11-23(19-8-9-19)16-18-6-3-5-17-4-1-2-7-20(17)18/h1-7,19H,8-16H2. The Kier molecular flexibility index (Phi) is 4.99. The maximum atomic E-state index is 12.5. The van der Waals surface area contributed by atoms with Crippen LogP contribution in [0.5, 0.6) is 0 Å². The predicted molar refractivity (Wildman–Crippen MR) is 99.4 cm³/mol. The monoisotopic (exact) mass is 338 g/mol. The molecule has 4 rings (SSSR count). The van der Waals surface area contributed by atoms with E-state index in [1.54, 1.807) is 0 Å². The number of carbonyl (C=O) groups excluding carboxylic acids is 1. The van der Waals surface area contributed by atoms with Gasteiger partial charge < -0.3 is 9.64 Å². The van der Waals surface area contributed by atoms with Gasteiger partial charge in [0.1, 0.15) is 0 Å². The van der Waals surface area contributed by atoms with Gasteiger partial charge in [0.2, 0.25) is 5.91 Å². The van der Waals surface area contributed by atoms with E-state index in [1.807, 2.05) is 4.90 Å². The van der Waals surface area contributed by atoms with Gasteiger partial charge in [-0.2, -0.15) is 0 Å². The van der Waals surface area contributed by atoms with Gasteiger partial charge in [-0.1, -0.05) is 42.5 Å². The molecule has 2 aromatic carbocycles. The van der Waals surface area contributed by atoms with Crippen LogP contribution in [-0.2, 0) is 16.1 Å². The number of hydrogen-bond donors (Lipinski definition) is 0. The second kappa shape index (κ2) is 7.54. The number of ether oxygens (including phenoxy) is 1. The van der Waals surface area contributed by atoms with Crippen LogP contribution in [0, 0.1) is 0 Å². The molecular weight excluding hydrogens is 312 g/mol. The molecule has 2 fully saturated rings. The summed E-state index contributed by atoms with van der Waals surface area (Å²) in [5.41, 5.74) is 1.36. The summed E-state index contributed by atoms with van der Waals surface area (Å²) < 4.78 is 5.34. The first-order chi connectivity index (χ1) is 12.3. The number of fused-ring (bicyclic) bond motifs is 1. The van der Waals surface area contributed by atoms with Gasteiger partial charge in [0.25, 0.3) is 0 Å². The third-order valence-corrected chi connectivity index (χ3v) is 5.29. The zero-order valence-corrected chi connectivity index (χ0v) is 14.7. The van der Waals surface area contributed by atoms with Gasteiger partial charge in [0, 0.05) is 38.6 Å². The van der Waals surface area contributed by atoms with E-state index in [0.29, 0.717) is 25.7 Å². The highest BCUT2D eigenvalue weighted by Crippen LogP contribution is 2.30. The molecule has 4 nitrogen and oxygen atoms in total. The van der Waals surface area contributed by atoms with Crippen LogP contribution in [0.3, 0.4) is 0 Å². The van der Waals surface area contributed by atoms with Crippen LogP contribution in [0.25, 0.3) is 10.8 Å². The Balaban J connectivity index is 1.42. The second-order valence-corrected chi connectivity index (χ2v) is 7.08. The Morgan fingerprint density at radius 2 is 1.84 bits per heavy atom. The van der Waals surface area contributed by atoms with E-state index in [-0.39, 0.29) is 5.91 Å². The lowest BCUT2D eigenvalue weighted by Gasteiger charge is -2.28. The number of benzene rings is 2. The third kappa shape index (κ3) is 4.02. The van der Waals surface area contributed by atoms with E-state index in [2.05, 4.69) is 47.4 Å². The highest BCUT2D eigenvalue weighted by atomic mass is 16.5. The summed E-state index contributed by atoms with van der Waals surface area (Å²) in [6.45, 7) is 4.62. The molecule has 4 heteroatoms. The summed E-state index contributed by atoms with van der Waals surface area (Å²) in [6.07, 6.45) is 3.13. The molecule has 0 N–H and O–H groups in total. The summed E-state index contributed by atoms with van der Waals surface area (Å²) in [5.74, 6) is 0.270. The Bertz CT molecular complexity index is 730. The number of rotatable bonds is 6. The molecule has 0 unspecified atom stereocenters. The van der Waals surface area contributed by atoms with Crippen LogP contribution < -0.4 is 0 Å². The smallest absolute Gasteiger partial charge is 0.224 e. The second-order valence-electron chi connectivity index (χ2n) is 7.08. The Labute approximate surface area is 149 Å². The average Bonchev–Trinajstić information content (AvgIpc) is 3.51. The molecule has 1 saturated carbocycles. The van der Waals surface area contributed by atoms with Crippen molar-refractivity contribution in [3.8, 4) is 0 Å². The molecule has 2 aromatic rings. The van der Waals surface area contributed by atoms with Gasteiger partial charge in [0.15, 0.2) is 0 Å². The summed E-state index contributed by atoms with van der Waals surface area (Å²) in [6, 6.07) is 15.7. The first-order valence-corrected chi connectivity index (χ1v) is 9.37. The molecule has 1 amide bonds. The van der Waals surface area contributed by atoms with Crippen molar-refractivity contribution in [2.24, 2.45) is 0 Å². The Hall–Kier alpha value is -1.91. The molecule has 1 heterocycles. The molecule has 25 heavy (non-hydrogen) atoms. The SMILES string of the molecule is O=C(CCN(Cc1cccc2ccccc12)C1CC1)N1CCOCC1. The molecule has 0 aromatic heterocycles. The van der Waals surface area contributed by atoms with Crippen LogP contribution in [0.15, 0.2) is 42.5 Å². The van der Waals surface area contributed by atoms with E-state index in [9.17, 15) is 4.79 Å². The summed E-state index contributed by atoms with van der Waals surface area (Å²) in [4.78, 5) is 16.9. The van der Waals surface area contributed by atoms with Crippen LogP contribution in [0.2, 0.25) is 0 Å². The van der Waals surface area contributed by atoms with E-state index < -0.39 is 0 Å². The fourth-order valence-corrected chi connectivity index (χ4v) is 3.69. The molecule has 1 aliphatic carbocycles. The molecule has 2 aliphatic rings. The molecule has 0 radical (unpaired) electrons. The van der Waals surface area contributed by atoms with E-state index in [4.69, 9.17) is 4.74 Å². The van der Waals surface area contributed by atoms with Crippen molar-refractivity contribution in [2.75, 3.05) is 32.8 Å². The minimum absolute atomic E-state index is 0.270. The summed E-state index contributed by atoms with van der Waals surface area (Å²) >= 11 is 0. The van der Waals surface area contributed by atoms with Gasteiger partial charge in [0.05, 0.1) is 13.2 Å². The molecule has 1 saturated heterocycles. The largest absolute Gasteiger partial charge is 0.378 e. The molecular formula is C21H26N2O2. The maximum absolute atomic E-state index is 12.5. The lowest BCUT2D eigenvalue weighted by Crippen LogP contribution is -2.42. The predicted octanol–water partition coefficient (Wildman–Crippen LogP) is 3.05. The molecule has 0 spiro atoms. The molecule has 132 valence electrons. The lowest BCUT2D eigenvalue weighted by molar-refractivity contribution is -0.135. The van der Waals surface area contributed by atoms with Gasteiger partial charge in [-0.15, -0.1) is 0 Å². The van der Waals surface area contributed by atoms with Crippen LogP contribution in [0.4, 0.5) is 0 Å². The topological polar surface area (TPSA) is 32.8 Å². The van der Waals surface area contributed by atoms with Gasteiger partial charge in [-0.3, -0.25) is 9.69 Å². The third-order valence-electron chi connectivity index (χ3n) is 5.29. The molecule has 0 atom stereocenters. The number of morpholine rings is 1. The Morgan fingerprint density at radius 1 is 1.08 bits per heavy atom. The first kappa shape index (κ1) is 16.6. The van der Waals surface area contributed by atoms with Crippen molar-refractivity contribution < 1.29 is 9.53 Å². The zero-order valence-electron chi connectivity index (χ0n) is 14.7. The minimum atomic E-state index is 0.270. The van der Waals surface area contributed by atoms with Gasteiger partial charge in [-0.25, -0.2) is 0 Å². The summed E-state index contributed by atoms with van der Waals surface area (Å²) in [7, 11) is 0. The van der Waals surface area contributed by atoms with Crippen molar-refractivity contribution in [2.45, 2.75) is 31.8 Å². The first-order valence-electron chi connectivity index (χ1n) is 9.37. The highest BCUT2D eigenvalue weighted by molar-refractivity contribution is 5.85. The number of carbonyl (C=O) groups is 1. The van der Waals surface area contributed by atoms with Gasteiger partial charge in [-0.05, 0) is 29.2 Å². The van der Waals surface area contributed by atoms with Crippen molar-refractivity contribution in [3.05, 3.63) is 48.0 Å². The van der Waals surface area contributed by atoms with Crippen LogP contribution in [0.1, 0.15) is 24.8 Å². The minimum Gasteiger partial charge on any atom is -0.378 e. The summed E-state index contributed by atoms with van der Waals surface area (Å²) in [5, 5.41) is 2.62. The van der Waals surface area contributed by atoms with Crippen LogP contribution in [-0.4, -0.2) is 54.6 Å². The fraction of sp³-hybridized carbons (Fsp3) is 0.476. The fourth-order valence-electron chi connectivity index (χ4n) is 3.69. The number of amides is 1. The van der Waals surface area contributed by atoms with Crippen molar-refractivity contribution in [1.82, 2.24) is 9.80 Å². The van der Waals surface area contributed by atoms with E-state index >= 15 is 0 Å². The lowest BCUT2D eigenvalue weighted by atomic mass is 10.0. The zero-order chi connectivity index (χ0) is 17.1. The van der Waals surface area contributed by atoms with Crippen molar-refractivity contribution in [3.63, 3.8) is 0 Å².